The monoisotopic (exact) mass is 747 g/mol. The van der Waals surface area contributed by atoms with E-state index in [1.807, 2.05) is 43.1 Å². The number of hydrogen-bond donors (Lipinski definition) is 1. The van der Waals surface area contributed by atoms with Crippen LogP contribution in [0, 0.1) is 0 Å². The van der Waals surface area contributed by atoms with Crippen LogP contribution in [-0.4, -0.2) is 82.0 Å². The van der Waals surface area contributed by atoms with E-state index in [-0.39, 0.29) is 53.6 Å². The number of nitrogens with zero attached hydrogens (tertiary/aromatic N) is 4. The van der Waals surface area contributed by atoms with Crippen molar-refractivity contribution in [3.63, 3.8) is 0 Å². The zero-order valence-corrected chi connectivity index (χ0v) is 28.9. The Morgan fingerprint density at radius 3 is 1.91 bits per heavy atom. The maximum absolute atomic E-state index is 9.72. The van der Waals surface area contributed by atoms with Gasteiger partial charge < -0.3 is 21.5 Å². The second-order valence-corrected chi connectivity index (χ2v) is 12.7. The van der Waals surface area contributed by atoms with Gasteiger partial charge in [0.1, 0.15) is 47.5 Å². The fourth-order valence-electron chi connectivity index (χ4n) is 6.33. The Morgan fingerprint density at radius 1 is 0.667 bits per heavy atom. The standard InChI is InChI=1S/2C10H12NO.C10H12N.C10H10N.5CH4.3H2O/c1-11-7-6-8-4-2-3-5-9(8)10(11)12-11;1-11-7-6-8-4-2-3-5-9(8)10(11)12;2*1-11-7-6-9-4-2-3-5-10(9)8-11;;;;;;;;/h2-5,10H,6-7H2,1H3;2-5,7,10,12H,6H2,1H3;2-5,8H,6-7H2,1H3;2-8H,1H3;5*1H4;3*1H2/q4*+1;;;;;;;;/p-2. The Balaban J connectivity index is -0.000000613. The molecular formula is C45H70N4O5+2. The summed E-state index contributed by atoms with van der Waals surface area (Å²) >= 11 is 0. The average Bonchev–Trinajstić information content (AvgIpc) is 3.80. The van der Waals surface area contributed by atoms with Gasteiger partial charge in [-0.05, 0) is 46.3 Å². The molecule has 9 heteroatoms. The van der Waals surface area contributed by atoms with Crippen LogP contribution in [0.3, 0.4) is 0 Å². The summed E-state index contributed by atoms with van der Waals surface area (Å²) in [6, 6.07) is 35.6. The fraction of sp³-hybridized carbons (Fsp3) is 0.356. The molecule has 1 fully saturated rings. The van der Waals surface area contributed by atoms with Crippen LogP contribution < -0.4 is 4.57 Å². The Hall–Kier alpha value is -4.61. The van der Waals surface area contributed by atoms with Crippen LogP contribution in [0.2, 0.25) is 0 Å². The number of aromatic nitrogens is 1. The number of hydrogen-bond acceptors (Lipinski definition) is 4. The topological polar surface area (TPSA) is 134 Å². The van der Waals surface area contributed by atoms with Gasteiger partial charge in [0.15, 0.2) is 18.6 Å². The van der Waals surface area contributed by atoms with E-state index in [1.165, 1.54) is 45.0 Å². The fourth-order valence-corrected chi connectivity index (χ4v) is 6.33. The number of pyridine rings is 1. The van der Waals surface area contributed by atoms with Crippen LogP contribution in [0.4, 0.5) is 0 Å². The third kappa shape index (κ3) is 12.8. The summed E-state index contributed by atoms with van der Waals surface area (Å²) in [6.45, 7) is 2.28. The highest BCUT2D eigenvalue weighted by Crippen LogP contribution is 2.49. The number of fused-ring (bicyclic) bond motifs is 6. The van der Waals surface area contributed by atoms with Gasteiger partial charge in [-0.3, -0.25) is 0 Å². The normalized spacial score (nSPS) is 18.2. The predicted octanol–water partition coefficient (Wildman–Crippen LogP) is 7.55. The van der Waals surface area contributed by atoms with Crippen molar-refractivity contribution in [3.05, 3.63) is 149 Å². The Bertz CT molecular complexity index is 1910. The quantitative estimate of drug-likeness (QED) is 0.0995. The Morgan fingerprint density at radius 2 is 1.22 bits per heavy atom. The molecule has 0 spiro atoms. The van der Waals surface area contributed by atoms with E-state index in [9.17, 15) is 5.11 Å². The molecule has 5 aromatic rings. The van der Waals surface area contributed by atoms with Gasteiger partial charge in [0.25, 0.3) is 12.5 Å². The zero-order chi connectivity index (χ0) is 32.1. The minimum atomic E-state index is -0.463. The largest absolute Gasteiger partial charge is 0.870 e. The van der Waals surface area contributed by atoms with E-state index in [4.69, 9.17) is 4.84 Å². The molecule has 0 saturated carbocycles. The molecule has 1 saturated heterocycles. The number of aryl methyl sites for hydroxylation is 1. The SMILES string of the molecule is C.C.C.C.C.C[N+]12CCc3ccccc3C1O2.C[N+]1=CCc2ccccc2C1O.C[N+]1=Cc2ccccc2CC1.C[n+]1ccc2ccccc2c1.O.[OH-].[OH-]. The maximum Gasteiger partial charge on any atom is 0.300 e. The lowest BCUT2D eigenvalue weighted by atomic mass is 10.0. The molecule has 3 unspecified atom stereocenters. The van der Waals surface area contributed by atoms with Crippen LogP contribution in [0.5, 0.6) is 0 Å². The molecule has 54 heavy (non-hydrogen) atoms. The molecule has 5 heterocycles. The molecular weight excluding hydrogens is 677 g/mol. The van der Waals surface area contributed by atoms with Gasteiger partial charge in [-0.2, -0.15) is 0 Å². The van der Waals surface area contributed by atoms with E-state index in [0.29, 0.717) is 6.23 Å². The van der Waals surface area contributed by atoms with Crippen molar-refractivity contribution in [3.8, 4) is 0 Å². The summed E-state index contributed by atoms with van der Waals surface area (Å²) in [5.41, 5.74) is 7.97. The Labute approximate surface area is 326 Å². The predicted molar refractivity (Wildman–Crippen MR) is 225 cm³/mol. The second-order valence-electron chi connectivity index (χ2n) is 12.7. The molecule has 9 nitrogen and oxygen atoms in total. The average molecular weight is 747 g/mol. The van der Waals surface area contributed by atoms with E-state index >= 15 is 0 Å². The van der Waals surface area contributed by atoms with Crippen molar-refractivity contribution in [2.45, 2.75) is 68.9 Å². The molecule has 0 aliphatic carbocycles. The number of benzene rings is 4. The smallest absolute Gasteiger partial charge is 0.300 e. The van der Waals surface area contributed by atoms with Crippen LogP contribution in [-0.2, 0) is 31.1 Å². The maximum atomic E-state index is 9.72. The van der Waals surface area contributed by atoms with Gasteiger partial charge in [-0.15, -0.1) is 9.48 Å². The highest BCUT2D eigenvalue weighted by molar-refractivity contribution is 5.80. The minimum Gasteiger partial charge on any atom is -0.870 e. The number of rotatable bonds is 0. The second kappa shape index (κ2) is 23.9. The molecule has 5 N–H and O–H groups in total. The first-order chi connectivity index (χ1) is 22.3. The first-order valence-electron chi connectivity index (χ1n) is 16.2. The number of quaternary nitrogens is 1. The third-order valence-electron chi connectivity index (χ3n) is 9.23. The molecule has 1 aromatic heterocycles. The van der Waals surface area contributed by atoms with Crippen LogP contribution in [0.1, 0.15) is 83.0 Å². The molecule has 4 aliphatic rings. The summed E-state index contributed by atoms with van der Waals surface area (Å²) < 4.78 is 6.93. The van der Waals surface area contributed by atoms with Crippen LogP contribution in [0.15, 0.2) is 116 Å². The van der Waals surface area contributed by atoms with Gasteiger partial charge in [0, 0.05) is 35.4 Å². The van der Waals surface area contributed by atoms with Crippen LogP contribution in [0.25, 0.3) is 10.8 Å². The number of likely N-dealkylation sites (N-methyl/N-ethyl adjacent to an activating group) is 2. The molecule has 0 amide bonds. The first-order valence-corrected chi connectivity index (χ1v) is 16.2. The first kappa shape index (κ1) is 53.7. The summed E-state index contributed by atoms with van der Waals surface area (Å²) in [5.74, 6) is 0. The summed E-state index contributed by atoms with van der Waals surface area (Å²) in [5, 5.41) is 12.3. The number of hydroxylamine groups is 3. The molecule has 4 aliphatic heterocycles. The lowest BCUT2D eigenvalue weighted by molar-refractivity contribution is -0.906. The molecule has 0 bridgehead atoms. The molecule has 9 rings (SSSR count). The van der Waals surface area contributed by atoms with E-state index in [2.05, 4.69) is 127 Å². The summed E-state index contributed by atoms with van der Waals surface area (Å²) in [6.07, 6.45) is 11.5. The van der Waals surface area contributed by atoms with E-state index in [0.717, 1.165) is 36.1 Å². The molecule has 4 aromatic carbocycles. The van der Waals surface area contributed by atoms with Crippen molar-refractivity contribution in [1.82, 2.24) is 0 Å². The summed E-state index contributed by atoms with van der Waals surface area (Å²) in [4.78, 5) is 5.63. The number of aliphatic hydroxyl groups is 1. The summed E-state index contributed by atoms with van der Waals surface area (Å²) in [7, 11) is 8.20. The Kier molecular flexibility index (Phi) is 23.8. The third-order valence-corrected chi connectivity index (χ3v) is 9.23. The lowest BCUT2D eigenvalue weighted by Crippen LogP contribution is -2.27. The van der Waals surface area contributed by atoms with Crippen LogP contribution >= 0.6 is 0 Å². The van der Waals surface area contributed by atoms with Crippen molar-refractivity contribution in [2.24, 2.45) is 7.05 Å². The lowest BCUT2D eigenvalue weighted by Gasteiger charge is -2.15. The molecule has 298 valence electrons. The molecule has 3 atom stereocenters. The van der Waals surface area contributed by atoms with Crippen molar-refractivity contribution in [2.75, 3.05) is 34.2 Å². The zero-order valence-electron chi connectivity index (χ0n) is 28.9. The van der Waals surface area contributed by atoms with Gasteiger partial charge in [0.2, 0.25) is 0 Å². The number of aliphatic hydroxyl groups excluding tert-OH is 1. The van der Waals surface area contributed by atoms with Crippen molar-refractivity contribution < 1.29 is 44.7 Å². The van der Waals surface area contributed by atoms with Crippen molar-refractivity contribution >= 4 is 23.2 Å². The molecule has 0 radical (unpaired) electrons. The van der Waals surface area contributed by atoms with Gasteiger partial charge in [-0.25, -0.2) is 13.7 Å². The van der Waals surface area contributed by atoms with Gasteiger partial charge in [0.05, 0.1) is 12.0 Å². The highest BCUT2D eigenvalue weighted by atomic mass is 16.9. The van der Waals surface area contributed by atoms with E-state index in [1.54, 1.807) is 0 Å². The van der Waals surface area contributed by atoms with E-state index < -0.39 is 6.23 Å². The van der Waals surface area contributed by atoms with Crippen molar-refractivity contribution in [1.29, 1.82) is 0 Å². The highest BCUT2D eigenvalue weighted by Gasteiger charge is 2.59. The van der Waals surface area contributed by atoms with Gasteiger partial charge in [-0.1, -0.05) is 110 Å². The van der Waals surface area contributed by atoms with Gasteiger partial charge >= 0.3 is 0 Å². The minimum absolute atomic E-state index is 0.